The first-order valence-corrected chi connectivity index (χ1v) is 5.29. The molecular weight excluding hydrogens is 218 g/mol. The molecule has 0 radical (unpaired) electrons. The normalized spacial score (nSPS) is 11.4. The predicted octanol–water partition coefficient (Wildman–Crippen LogP) is 1.97. The molecule has 3 rings (SSSR count). The second-order valence-electron chi connectivity index (χ2n) is 3.93. The lowest BCUT2D eigenvalue weighted by atomic mass is 10.3. The Morgan fingerprint density at radius 3 is 3.24 bits per heavy atom. The topological polar surface area (TPSA) is 63.8 Å². The minimum absolute atomic E-state index is 0.214. The molecule has 0 bridgehead atoms. The number of nitrogens with zero attached hydrogens (tertiary/aromatic N) is 2. The van der Waals surface area contributed by atoms with Gasteiger partial charge in [-0.3, -0.25) is 4.79 Å². The lowest BCUT2D eigenvalue weighted by molar-refractivity contribution is 0.581. The van der Waals surface area contributed by atoms with Gasteiger partial charge in [-0.1, -0.05) is 6.08 Å². The fourth-order valence-electron chi connectivity index (χ4n) is 2.16. The van der Waals surface area contributed by atoms with Crippen molar-refractivity contribution in [2.24, 2.45) is 0 Å². The maximum absolute atomic E-state index is 11.8. The summed E-state index contributed by atoms with van der Waals surface area (Å²) >= 11 is 0. The SMILES string of the molecule is C=CCn1c2cc(C)oc2c2cn[nH]c(=O)c21. The van der Waals surface area contributed by atoms with Gasteiger partial charge in [0.15, 0.2) is 5.58 Å². The first-order valence-electron chi connectivity index (χ1n) is 5.29. The van der Waals surface area contributed by atoms with Crippen molar-refractivity contribution >= 4 is 22.0 Å². The Hall–Kier alpha value is -2.30. The number of hydrogen-bond acceptors (Lipinski definition) is 3. The van der Waals surface area contributed by atoms with E-state index in [1.165, 1.54) is 0 Å². The summed E-state index contributed by atoms with van der Waals surface area (Å²) in [6.07, 6.45) is 3.36. The maximum atomic E-state index is 11.8. The summed E-state index contributed by atoms with van der Waals surface area (Å²) in [6, 6.07) is 1.91. The van der Waals surface area contributed by atoms with Crippen LogP contribution in [0, 0.1) is 6.92 Å². The highest BCUT2D eigenvalue weighted by Gasteiger charge is 2.16. The number of nitrogens with one attached hydrogen (secondary N) is 1. The van der Waals surface area contributed by atoms with Gasteiger partial charge >= 0.3 is 0 Å². The molecule has 0 unspecified atom stereocenters. The van der Waals surface area contributed by atoms with E-state index in [0.717, 1.165) is 16.7 Å². The zero-order valence-corrected chi connectivity index (χ0v) is 9.36. The summed E-state index contributed by atoms with van der Waals surface area (Å²) in [7, 11) is 0. The summed E-state index contributed by atoms with van der Waals surface area (Å²) in [4.78, 5) is 11.8. The highest BCUT2D eigenvalue weighted by molar-refractivity contribution is 6.04. The minimum atomic E-state index is -0.214. The third-order valence-corrected chi connectivity index (χ3v) is 2.78. The van der Waals surface area contributed by atoms with Crippen molar-refractivity contribution in [3.8, 4) is 0 Å². The van der Waals surface area contributed by atoms with E-state index in [2.05, 4.69) is 16.8 Å². The van der Waals surface area contributed by atoms with Gasteiger partial charge in [-0.25, -0.2) is 5.10 Å². The first kappa shape index (κ1) is 9.89. The first-order chi connectivity index (χ1) is 8.22. The van der Waals surface area contributed by atoms with Crippen molar-refractivity contribution in [1.82, 2.24) is 14.8 Å². The molecule has 3 aromatic heterocycles. The zero-order valence-electron chi connectivity index (χ0n) is 9.36. The van der Waals surface area contributed by atoms with Crippen LogP contribution in [0.1, 0.15) is 5.76 Å². The van der Waals surface area contributed by atoms with Gasteiger partial charge in [0, 0.05) is 12.6 Å². The van der Waals surface area contributed by atoms with E-state index in [4.69, 9.17) is 4.42 Å². The van der Waals surface area contributed by atoms with E-state index >= 15 is 0 Å². The van der Waals surface area contributed by atoms with Crippen LogP contribution in [0.2, 0.25) is 0 Å². The molecule has 0 saturated heterocycles. The van der Waals surface area contributed by atoms with E-state index in [1.807, 2.05) is 17.6 Å². The summed E-state index contributed by atoms with van der Waals surface area (Å²) in [6.45, 7) is 6.15. The third kappa shape index (κ3) is 1.25. The average Bonchev–Trinajstić information content (AvgIpc) is 2.79. The van der Waals surface area contributed by atoms with Crippen molar-refractivity contribution in [3.05, 3.63) is 41.0 Å². The van der Waals surface area contributed by atoms with Crippen molar-refractivity contribution < 1.29 is 4.42 Å². The van der Waals surface area contributed by atoms with Crippen LogP contribution in [-0.2, 0) is 6.54 Å². The van der Waals surface area contributed by atoms with Gasteiger partial charge < -0.3 is 8.98 Å². The number of allylic oxidation sites excluding steroid dienone is 1. The Bertz CT molecular complexity index is 776. The van der Waals surface area contributed by atoms with Gasteiger partial charge in [-0.05, 0) is 6.92 Å². The van der Waals surface area contributed by atoms with E-state index < -0.39 is 0 Å². The molecule has 17 heavy (non-hydrogen) atoms. The molecule has 0 saturated carbocycles. The van der Waals surface area contributed by atoms with Crippen molar-refractivity contribution in [2.45, 2.75) is 13.5 Å². The van der Waals surface area contributed by atoms with Gasteiger partial charge in [-0.15, -0.1) is 6.58 Å². The molecule has 0 atom stereocenters. The largest absolute Gasteiger partial charge is 0.459 e. The maximum Gasteiger partial charge on any atom is 0.288 e. The lowest BCUT2D eigenvalue weighted by Crippen LogP contribution is -2.11. The lowest BCUT2D eigenvalue weighted by Gasteiger charge is -1.99. The number of hydrogen-bond donors (Lipinski definition) is 1. The summed E-state index contributed by atoms with van der Waals surface area (Å²) < 4.78 is 7.50. The smallest absolute Gasteiger partial charge is 0.288 e. The number of aryl methyl sites for hydroxylation is 1. The van der Waals surface area contributed by atoms with Gasteiger partial charge in [-0.2, -0.15) is 5.10 Å². The van der Waals surface area contributed by atoms with Crippen LogP contribution < -0.4 is 5.56 Å². The Kier molecular flexibility index (Phi) is 1.95. The van der Waals surface area contributed by atoms with E-state index in [1.54, 1.807) is 12.3 Å². The minimum Gasteiger partial charge on any atom is -0.459 e. The standard InChI is InChI=1S/C12H11N3O2/c1-3-4-15-9-5-7(2)17-11(9)8-6-13-14-12(16)10(8)15/h3,5-6H,1,4H2,2H3,(H,14,16). The fourth-order valence-corrected chi connectivity index (χ4v) is 2.16. The molecule has 0 spiro atoms. The number of furan rings is 1. The molecule has 1 N–H and O–H groups in total. The summed E-state index contributed by atoms with van der Waals surface area (Å²) in [5.74, 6) is 0.815. The zero-order chi connectivity index (χ0) is 12.0. The van der Waals surface area contributed by atoms with Gasteiger partial charge in [0.2, 0.25) is 0 Å². The van der Waals surface area contributed by atoms with Crippen molar-refractivity contribution in [2.75, 3.05) is 0 Å². The summed E-state index contributed by atoms with van der Waals surface area (Å²) in [5, 5.41) is 6.98. The van der Waals surface area contributed by atoms with Crippen molar-refractivity contribution in [3.63, 3.8) is 0 Å². The van der Waals surface area contributed by atoms with Gasteiger partial charge in [0.25, 0.3) is 5.56 Å². The molecule has 0 aliphatic rings. The van der Waals surface area contributed by atoms with Crippen molar-refractivity contribution in [1.29, 1.82) is 0 Å². The Labute approximate surface area is 96.3 Å². The second kappa shape index (κ2) is 3.35. The monoisotopic (exact) mass is 229 g/mol. The number of aromatic nitrogens is 3. The molecule has 5 heteroatoms. The molecule has 86 valence electrons. The van der Waals surface area contributed by atoms with Crippen LogP contribution in [0.15, 0.2) is 34.1 Å². The molecule has 5 nitrogen and oxygen atoms in total. The molecule has 0 aliphatic heterocycles. The van der Waals surface area contributed by atoms with Crippen LogP contribution in [0.25, 0.3) is 22.0 Å². The van der Waals surface area contributed by atoms with Gasteiger partial charge in [0.1, 0.15) is 11.3 Å². The third-order valence-electron chi connectivity index (χ3n) is 2.78. The molecule has 0 amide bonds. The highest BCUT2D eigenvalue weighted by Crippen LogP contribution is 2.28. The Morgan fingerprint density at radius 2 is 2.47 bits per heavy atom. The van der Waals surface area contributed by atoms with Crippen LogP contribution in [-0.4, -0.2) is 14.8 Å². The molecule has 0 aliphatic carbocycles. The predicted molar refractivity (Wildman–Crippen MR) is 65.1 cm³/mol. The van der Waals surface area contributed by atoms with Crippen LogP contribution in [0.4, 0.5) is 0 Å². The molecule has 0 aromatic carbocycles. The van der Waals surface area contributed by atoms with E-state index in [0.29, 0.717) is 17.6 Å². The van der Waals surface area contributed by atoms with Crippen LogP contribution in [0.3, 0.4) is 0 Å². The average molecular weight is 229 g/mol. The molecule has 3 aromatic rings. The van der Waals surface area contributed by atoms with Crippen LogP contribution in [0.5, 0.6) is 0 Å². The molecular formula is C12H11N3O2. The Balaban J connectivity index is 2.59. The Morgan fingerprint density at radius 1 is 1.65 bits per heavy atom. The van der Waals surface area contributed by atoms with E-state index in [-0.39, 0.29) is 5.56 Å². The highest BCUT2D eigenvalue weighted by atomic mass is 16.3. The fraction of sp³-hybridized carbons (Fsp3) is 0.167. The van der Waals surface area contributed by atoms with Gasteiger partial charge in [0.05, 0.1) is 17.1 Å². The number of rotatable bonds is 2. The quantitative estimate of drug-likeness (QED) is 0.683. The van der Waals surface area contributed by atoms with Crippen LogP contribution >= 0.6 is 0 Å². The molecule has 3 heterocycles. The number of aromatic amines is 1. The summed E-state index contributed by atoms with van der Waals surface area (Å²) in [5.41, 5.74) is 1.97. The second-order valence-corrected chi connectivity index (χ2v) is 3.93. The molecule has 0 fully saturated rings. The number of fused-ring (bicyclic) bond motifs is 3. The van der Waals surface area contributed by atoms with E-state index in [9.17, 15) is 4.79 Å². The number of H-pyrrole nitrogens is 1.